The molecule has 0 fully saturated rings. The van der Waals surface area contributed by atoms with Crippen LogP contribution in [0.5, 0.6) is 0 Å². The second-order valence-electron chi connectivity index (χ2n) is 24.6. The van der Waals surface area contributed by atoms with Gasteiger partial charge in [-0.25, -0.2) is 9.13 Å². The molecule has 0 bridgehead atoms. The molecule has 87 heavy (non-hydrogen) atoms. The number of rotatable bonds is 69. The van der Waals surface area contributed by atoms with Crippen molar-refractivity contribution in [2.45, 2.75) is 373 Å². The van der Waals surface area contributed by atoms with Crippen LogP contribution in [-0.2, 0) is 65.4 Å². The molecular formula is C68H132O17P2. The molecule has 0 amide bonds. The van der Waals surface area contributed by atoms with E-state index in [4.69, 9.17) is 37.0 Å². The molecule has 19 heteroatoms. The van der Waals surface area contributed by atoms with E-state index in [1.54, 1.807) is 0 Å². The maximum atomic E-state index is 13.0. The normalized spacial score (nSPS) is 14.1. The molecule has 5 atom stereocenters. The number of phosphoric acid groups is 2. The number of ether oxygens (including phenoxy) is 4. The molecule has 2 unspecified atom stereocenters. The lowest BCUT2D eigenvalue weighted by molar-refractivity contribution is -0.161. The number of carbonyl (C=O) groups excluding carboxylic acids is 4. The Morgan fingerprint density at radius 3 is 0.678 bits per heavy atom. The molecule has 0 aromatic heterocycles. The van der Waals surface area contributed by atoms with Crippen molar-refractivity contribution in [3.63, 3.8) is 0 Å². The molecule has 0 rings (SSSR count). The van der Waals surface area contributed by atoms with E-state index in [-0.39, 0.29) is 25.7 Å². The van der Waals surface area contributed by atoms with E-state index in [9.17, 15) is 43.2 Å². The predicted octanol–water partition coefficient (Wildman–Crippen LogP) is 19.5. The van der Waals surface area contributed by atoms with Crippen molar-refractivity contribution >= 4 is 39.5 Å². The molecule has 0 saturated heterocycles. The maximum absolute atomic E-state index is 13.0. The highest BCUT2D eigenvalue weighted by atomic mass is 31.2. The van der Waals surface area contributed by atoms with Gasteiger partial charge in [0.25, 0.3) is 0 Å². The third-order valence-corrected chi connectivity index (χ3v) is 17.8. The van der Waals surface area contributed by atoms with Gasteiger partial charge in [-0.3, -0.25) is 37.3 Å². The van der Waals surface area contributed by atoms with Gasteiger partial charge in [-0.05, 0) is 25.7 Å². The first-order chi connectivity index (χ1) is 42.2. The average Bonchev–Trinajstić information content (AvgIpc) is 3.58. The van der Waals surface area contributed by atoms with Gasteiger partial charge in [0.05, 0.1) is 26.4 Å². The molecular weight excluding hydrogens is 1150 g/mol. The highest BCUT2D eigenvalue weighted by Gasteiger charge is 2.30. The fourth-order valence-electron chi connectivity index (χ4n) is 10.3. The molecule has 516 valence electrons. The first-order valence-electron chi connectivity index (χ1n) is 35.8. The summed E-state index contributed by atoms with van der Waals surface area (Å²) in [4.78, 5) is 72.2. The largest absolute Gasteiger partial charge is 0.472 e. The number of unbranched alkanes of at least 4 members (excludes halogenated alkanes) is 43. The van der Waals surface area contributed by atoms with E-state index in [2.05, 4.69) is 27.7 Å². The van der Waals surface area contributed by atoms with Crippen LogP contribution >= 0.6 is 15.6 Å². The van der Waals surface area contributed by atoms with Crippen LogP contribution in [0.4, 0.5) is 0 Å². The smallest absolute Gasteiger partial charge is 0.462 e. The number of aliphatic hydroxyl groups is 1. The van der Waals surface area contributed by atoms with Crippen LogP contribution in [0.15, 0.2) is 0 Å². The van der Waals surface area contributed by atoms with Crippen molar-refractivity contribution in [3.05, 3.63) is 0 Å². The summed E-state index contributed by atoms with van der Waals surface area (Å²) in [5.74, 6) is -2.13. The quantitative estimate of drug-likeness (QED) is 0.0222. The van der Waals surface area contributed by atoms with Gasteiger partial charge >= 0.3 is 39.5 Å². The van der Waals surface area contributed by atoms with Crippen LogP contribution in [0.1, 0.15) is 355 Å². The number of hydrogen-bond acceptors (Lipinski definition) is 15. The summed E-state index contributed by atoms with van der Waals surface area (Å²) in [5, 5.41) is 10.5. The van der Waals surface area contributed by atoms with E-state index in [0.29, 0.717) is 25.7 Å². The molecule has 17 nitrogen and oxygen atoms in total. The fourth-order valence-corrected chi connectivity index (χ4v) is 11.9. The highest BCUT2D eigenvalue weighted by Crippen LogP contribution is 2.45. The average molecular weight is 1280 g/mol. The van der Waals surface area contributed by atoms with Crippen molar-refractivity contribution < 1.29 is 80.2 Å². The van der Waals surface area contributed by atoms with Crippen molar-refractivity contribution in [2.75, 3.05) is 39.6 Å². The molecule has 0 aliphatic rings. The van der Waals surface area contributed by atoms with Crippen molar-refractivity contribution in [1.82, 2.24) is 0 Å². The molecule has 0 saturated carbocycles. The zero-order valence-corrected chi connectivity index (χ0v) is 57.8. The van der Waals surface area contributed by atoms with Crippen molar-refractivity contribution in [3.8, 4) is 0 Å². The molecule has 0 aromatic rings. The molecule has 0 aliphatic carbocycles. The van der Waals surface area contributed by atoms with Crippen molar-refractivity contribution in [2.24, 2.45) is 0 Å². The number of phosphoric ester groups is 2. The lowest BCUT2D eigenvalue weighted by Gasteiger charge is -2.21. The number of carbonyl (C=O) groups is 4. The molecule has 0 spiro atoms. The number of esters is 4. The second kappa shape index (κ2) is 62.8. The summed E-state index contributed by atoms with van der Waals surface area (Å²) < 4.78 is 68.0. The van der Waals surface area contributed by atoms with Crippen LogP contribution in [0.3, 0.4) is 0 Å². The lowest BCUT2D eigenvalue weighted by Crippen LogP contribution is -2.30. The Morgan fingerprint density at radius 2 is 0.460 bits per heavy atom. The Kier molecular flexibility index (Phi) is 61.4. The van der Waals surface area contributed by atoms with E-state index in [0.717, 1.165) is 96.3 Å². The molecule has 0 aromatic carbocycles. The number of hydrogen-bond donors (Lipinski definition) is 3. The molecule has 0 aliphatic heterocycles. The third-order valence-electron chi connectivity index (χ3n) is 15.9. The van der Waals surface area contributed by atoms with E-state index in [1.807, 2.05) is 0 Å². The molecule has 3 N–H and O–H groups in total. The summed E-state index contributed by atoms with van der Waals surface area (Å²) in [7, 11) is -9.88. The minimum Gasteiger partial charge on any atom is -0.462 e. The Morgan fingerprint density at radius 1 is 0.276 bits per heavy atom. The third kappa shape index (κ3) is 62.6. The van der Waals surface area contributed by atoms with Gasteiger partial charge in [-0.15, -0.1) is 0 Å². The Hall–Kier alpha value is -1.94. The van der Waals surface area contributed by atoms with Crippen LogP contribution < -0.4 is 0 Å². The summed E-state index contributed by atoms with van der Waals surface area (Å²) in [6.07, 6.45) is 50.2. The molecule has 0 radical (unpaired) electrons. The Labute approximate surface area is 530 Å². The summed E-state index contributed by atoms with van der Waals surface area (Å²) in [6.45, 7) is 4.86. The minimum absolute atomic E-state index is 0.107. The van der Waals surface area contributed by atoms with Crippen LogP contribution in [0.2, 0.25) is 0 Å². The minimum atomic E-state index is -4.95. The van der Waals surface area contributed by atoms with E-state index >= 15 is 0 Å². The SMILES string of the molecule is CCCCCCCCCCCCCCCCC(=O)OC[C@H](COP(=O)(O)OC[C@@H](O)COP(=O)(O)OC[C@@H](COC(=O)CCCCCCC)OC(=O)CCCCCCCCCCCCCCCC)OC(=O)CCCCCCCCCCCCCCCC. The van der Waals surface area contributed by atoms with Crippen LogP contribution in [-0.4, -0.2) is 96.7 Å². The monoisotopic (exact) mass is 1280 g/mol. The zero-order chi connectivity index (χ0) is 64.0. The van der Waals surface area contributed by atoms with Crippen LogP contribution in [0.25, 0.3) is 0 Å². The summed E-state index contributed by atoms with van der Waals surface area (Å²) in [5.41, 5.74) is 0. The first kappa shape index (κ1) is 85.1. The predicted molar refractivity (Wildman–Crippen MR) is 349 cm³/mol. The van der Waals surface area contributed by atoms with Gasteiger partial charge in [0, 0.05) is 25.7 Å². The fraction of sp³-hybridized carbons (Fsp3) is 0.941. The van der Waals surface area contributed by atoms with Gasteiger partial charge in [0.1, 0.15) is 19.3 Å². The summed E-state index contributed by atoms with van der Waals surface area (Å²) in [6, 6.07) is 0. The van der Waals surface area contributed by atoms with Gasteiger partial charge in [0.15, 0.2) is 12.2 Å². The van der Waals surface area contributed by atoms with Crippen LogP contribution in [0, 0.1) is 0 Å². The Balaban J connectivity index is 5.15. The van der Waals surface area contributed by atoms with E-state index in [1.165, 1.54) is 180 Å². The maximum Gasteiger partial charge on any atom is 0.472 e. The molecule has 0 heterocycles. The summed E-state index contributed by atoms with van der Waals surface area (Å²) >= 11 is 0. The topological polar surface area (TPSA) is 237 Å². The van der Waals surface area contributed by atoms with Gasteiger partial charge in [-0.1, -0.05) is 304 Å². The van der Waals surface area contributed by atoms with Gasteiger partial charge in [-0.2, -0.15) is 0 Å². The van der Waals surface area contributed by atoms with Gasteiger partial charge < -0.3 is 33.8 Å². The first-order valence-corrected chi connectivity index (χ1v) is 38.8. The Bertz CT molecular complexity index is 1670. The highest BCUT2D eigenvalue weighted by molar-refractivity contribution is 7.47. The zero-order valence-electron chi connectivity index (χ0n) is 56.0. The second-order valence-corrected chi connectivity index (χ2v) is 27.5. The lowest BCUT2D eigenvalue weighted by atomic mass is 10.0. The van der Waals surface area contributed by atoms with Crippen molar-refractivity contribution in [1.29, 1.82) is 0 Å². The number of aliphatic hydroxyl groups excluding tert-OH is 1. The standard InChI is InChI=1S/C68H132O17P2/c1-5-9-13-17-20-23-26-29-32-35-38-41-45-49-53-66(71)79-59-64(85-68(73)55-51-47-43-40-37-34-31-28-25-22-19-15-11-7-3)61-83-87(76,77)81-57-62(69)56-80-86(74,75)82-60-63(58-78-65(70)52-48-44-16-12-8-4)84-67(72)54-50-46-42-39-36-33-30-27-24-21-18-14-10-6-2/h62-64,69H,5-61H2,1-4H3,(H,74,75)(H,76,77)/t62-,63+,64+/m0/s1. The van der Waals surface area contributed by atoms with Gasteiger partial charge in [0.2, 0.25) is 0 Å². The van der Waals surface area contributed by atoms with E-state index < -0.39 is 97.5 Å².